The van der Waals surface area contributed by atoms with E-state index in [2.05, 4.69) is 51.2 Å². The lowest BCUT2D eigenvalue weighted by atomic mass is 9.96. The highest BCUT2D eigenvalue weighted by Gasteiger charge is 2.11. The minimum Gasteiger partial charge on any atom is -0.384 e. The molecule has 16 heavy (non-hydrogen) atoms. The van der Waals surface area contributed by atoms with Crippen LogP contribution < -0.4 is 11.1 Å². The van der Waals surface area contributed by atoms with Crippen molar-refractivity contribution in [3.05, 3.63) is 29.3 Å². The van der Waals surface area contributed by atoms with Gasteiger partial charge < -0.3 is 11.1 Å². The molecule has 0 fully saturated rings. The molecule has 0 heterocycles. The zero-order valence-electron chi connectivity index (χ0n) is 10.9. The Morgan fingerprint density at radius 1 is 1.25 bits per heavy atom. The number of rotatable bonds is 5. The first-order valence-electron chi connectivity index (χ1n) is 6.06. The van der Waals surface area contributed by atoms with Gasteiger partial charge in [-0.25, -0.2) is 0 Å². The highest BCUT2D eigenvalue weighted by Crippen LogP contribution is 2.19. The van der Waals surface area contributed by atoms with Gasteiger partial charge in [0.05, 0.1) is 0 Å². The largest absolute Gasteiger partial charge is 0.384 e. The van der Waals surface area contributed by atoms with Crippen molar-refractivity contribution in [3.63, 3.8) is 0 Å². The summed E-state index contributed by atoms with van der Waals surface area (Å²) < 4.78 is 0. The van der Waals surface area contributed by atoms with Gasteiger partial charge in [-0.15, -0.1) is 0 Å². The van der Waals surface area contributed by atoms with E-state index in [9.17, 15) is 0 Å². The van der Waals surface area contributed by atoms with E-state index in [1.54, 1.807) is 0 Å². The van der Waals surface area contributed by atoms with Crippen LogP contribution in [0.1, 0.15) is 25.0 Å². The van der Waals surface area contributed by atoms with Gasteiger partial charge in [0.15, 0.2) is 0 Å². The van der Waals surface area contributed by atoms with Crippen molar-refractivity contribution in [2.75, 3.05) is 18.4 Å². The summed E-state index contributed by atoms with van der Waals surface area (Å²) in [6.45, 7) is 10.5. The minimum atomic E-state index is 0.542. The van der Waals surface area contributed by atoms with Gasteiger partial charge in [0.25, 0.3) is 0 Å². The zero-order chi connectivity index (χ0) is 12.1. The van der Waals surface area contributed by atoms with Gasteiger partial charge in [0, 0.05) is 12.2 Å². The van der Waals surface area contributed by atoms with Crippen LogP contribution in [0.2, 0.25) is 0 Å². The van der Waals surface area contributed by atoms with Crippen LogP contribution >= 0.6 is 0 Å². The molecule has 0 amide bonds. The van der Waals surface area contributed by atoms with Crippen molar-refractivity contribution in [1.82, 2.24) is 0 Å². The lowest BCUT2D eigenvalue weighted by Gasteiger charge is -2.21. The third kappa shape index (κ3) is 3.24. The first-order chi connectivity index (χ1) is 7.56. The van der Waals surface area contributed by atoms with Crippen LogP contribution in [-0.4, -0.2) is 13.1 Å². The fourth-order valence-electron chi connectivity index (χ4n) is 1.77. The second-order valence-electron chi connectivity index (χ2n) is 4.87. The Morgan fingerprint density at radius 3 is 2.50 bits per heavy atom. The molecule has 1 unspecified atom stereocenters. The Morgan fingerprint density at radius 2 is 1.94 bits per heavy atom. The highest BCUT2D eigenvalue weighted by molar-refractivity contribution is 5.53. The van der Waals surface area contributed by atoms with Gasteiger partial charge >= 0.3 is 0 Å². The van der Waals surface area contributed by atoms with Crippen LogP contribution in [-0.2, 0) is 0 Å². The molecule has 90 valence electrons. The van der Waals surface area contributed by atoms with Crippen molar-refractivity contribution in [1.29, 1.82) is 0 Å². The van der Waals surface area contributed by atoms with Gasteiger partial charge in [0.1, 0.15) is 0 Å². The van der Waals surface area contributed by atoms with E-state index in [-0.39, 0.29) is 0 Å². The zero-order valence-corrected chi connectivity index (χ0v) is 10.9. The first-order valence-corrected chi connectivity index (χ1v) is 6.06. The standard InChI is InChI=1S/C14H24N2/c1-10(2)13(8-15)9-16-14-7-5-6-11(3)12(14)4/h5-7,10,13,16H,8-9,15H2,1-4H3. The van der Waals surface area contributed by atoms with E-state index in [4.69, 9.17) is 5.73 Å². The first kappa shape index (κ1) is 13.0. The lowest BCUT2D eigenvalue weighted by Crippen LogP contribution is -2.27. The van der Waals surface area contributed by atoms with Gasteiger partial charge in [-0.2, -0.15) is 0 Å². The van der Waals surface area contributed by atoms with Crippen molar-refractivity contribution in [2.45, 2.75) is 27.7 Å². The summed E-state index contributed by atoms with van der Waals surface area (Å²) in [5.74, 6) is 1.17. The molecule has 0 spiro atoms. The van der Waals surface area contributed by atoms with Gasteiger partial charge in [-0.3, -0.25) is 0 Å². The Hall–Kier alpha value is -1.02. The number of hydrogen-bond donors (Lipinski definition) is 2. The Bertz CT molecular complexity index is 332. The van der Waals surface area contributed by atoms with Crippen molar-refractivity contribution in [2.24, 2.45) is 17.6 Å². The fourth-order valence-corrected chi connectivity index (χ4v) is 1.77. The van der Waals surface area contributed by atoms with E-state index < -0.39 is 0 Å². The second-order valence-corrected chi connectivity index (χ2v) is 4.87. The summed E-state index contributed by atoms with van der Waals surface area (Å²) in [6, 6.07) is 6.37. The molecule has 3 N–H and O–H groups in total. The summed E-state index contributed by atoms with van der Waals surface area (Å²) in [7, 11) is 0. The molecule has 0 saturated carbocycles. The van der Waals surface area contributed by atoms with Crippen molar-refractivity contribution < 1.29 is 0 Å². The summed E-state index contributed by atoms with van der Waals surface area (Å²) in [4.78, 5) is 0. The topological polar surface area (TPSA) is 38.0 Å². The molecule has 1 rings (SSSR count). The Labute approximate surface area is 99.2 Å². The number of anilines is 1. The lowest BCUT2D eigenvalue weighted by molar-refractivity contribution is 0.413. The average Bonchev–Trinajstić information content (AvgIpc) is 2.24. The minimum absolute atomic E-state index is 0.542. The molecule has 0 aliphatic heterocycles. The smallest absolute Gasteiger partial charge is 0.0372 e. The molecule has 2 nitrogen and oxygen atoms in total. The Balaban J connectivity index is 2.64. The molecule has 0 saturated heterocycles. The van der Waals surface area contributed by atoms with Crippen LogP contribution in [0.4, 0.5) is 5.69 Å². The third-order valence-electron chi connectivity index (χ3n) is 3.40. The Kier molecular flexibility index (Phi) is 4.81. The van der Waals surface area contributed by atoms with E-state index >= 15 is 0 Å². The van der Waals surface area contributed by atoms with Crippen LogP contribution in [0.25, 0.3) is 0 Å². The molecule has 0 aromatic heterocycles. The third-order valence-corrected chi connectivity index (χ3v) is 3.40. The van der Waals surface area contributed by atoms with Gasteiger partial charge in [-0.1, -0.05) is 26.0 Å². The van der Waals surface area contributed by atoms with Gasteiger partial charge in [0.2, 0.25) is 0 Å². The number of nitrogens with one attached hydrogen (secondary N) is 1. The highest BCUT2D eigenvalue weighted by atomic mass is 14.9. The fraction of sp³-hybridized carbons (Fsp3) is 0.571. The molecule has 1 aromatic rings. The van der Waals surface area contributed by atoms with Crippen LogP contribution in [0, 0.1) is 25.7 Å². The molecule has 1 aromatic carbocycles. The van der Waals surface area contributed by atoms with Crippen molar-refractivity contribution in [3.8, 4) is 0 Å². The molecule has 1 atom stereocenters. The quantitative estimate of drug-likeness (QED) is 0.800. The monoisotopic (exact) mass is 220 g/mol. The van der Waals surface area contributed by atoms with E-state index in [1.165, 1.54) is 16.8 Å². The van der Waals surface area contributed by atoms with Gasteiger partial charge in [-0.05, 0) is 49.4 Å². The average molecular weight is 220 g/mol. The SMILES string of the molecule is Cc1cccc(NCC(CN)C(C)C)c1C. The molecule has 0 bridgehead atoms. The summed E-state index contributed by atoms with van der Waals surface area (Å²) >= 11 is 0. The molecule has 0 radical (unpaired) electrons. The summed E-state index contributed by atoms with van der Waals surface area (Å²) in [6.07, 6.45) is 0. The normalized spacial score (nSPS) is 12.9. The van der Waals surface area contributed by atoms with Crippen LogP contribution in [0.3, 0.4) is 0 Å². The van der Waals surface area contributed by atoms with E-state index in [1.807, 2.05) is 0 Å². The maximum atomic E-state index is 5.77. The van der Waals surface area contributed by atoms with Crippen LogP contribution in [0.15, 0.2) is 18.2 Å². The second kappa shape index (κ2) is 5.90. The number of benzene rings is 1. The van der Waals surface area contributed by atoms with Crippen molar-refractivity contribution >= 4 is 5.69 Å². The molecular formula is C14H24N2. The number of nitrogens with two attached hydrogens (primary N) is 1. The number of aryl methyl sites for hydroxylation is 1. The molecular weight excluding hydrogens is 196 g/mol. The summed E-state index contributed by atoms with van der Waals surface area (Å²) in [5.41, 5.74) is 9.67. The maximum Gasteiger partial charge on any atom is 0.0372 e. The predicted octanol–water partition coefficient (Wildman–Crippen LogP) is 2.95. The summed E-state index contributed by atoms with van der Waals surface area (Å²) in [5, 5.41) is 3.51. The molecule has 0 aliphatic carbocycles. The predicted molar refractivity (Wildman–Crippen MR) is 71.8 cm³/mol. The molecule has 0 aliphatic rings. The molecule has 2 heteroatoms. The maximum absolute atomic E-state index is 5.77. The number of hydrogen-bond acceptors (Lipinski definition) is 2. The van der Waals surface area contributed by atoms with E-state index in [0.29, 0.717) is 11.8 Å². The van der Waals surface area contributed by atoms with E-state index in [0.717, 1.165) is 13.1 Å². The van der Waals surface area contributed by atoms with Crippen LogP contribution in [0.5, 0.6) is 0 Å².